The number of hydrogen-bond donors (Lipinski definition) is 1. The van der Waals surface area contributed by atoms with E-state index >= 15 is 0 Å². The number of unbranched alkanes of at least 4 members (excludes halogenated alkanes) is 1. The topological polar surface area (TPSA) is 20.2 Å². The second-order valence-electron chi connectivity index (χ2n) is 4.48. The van der Waals surface area contributed by atoms with Gasteiger partial charge in [0.05, 0.1) is 0 Å². The zero-order chi connectivity index (χ0) is 12.0. The lowest BCUT2D eigenvalue weighted by atomic mass is 9.77. The SMILES string of the molecule is CCCCC(CC)(CO)Cc1sccc1Br. The van der Waals surface area contributed by atoms with Gasteiger partial charge in [-0.15, -0.1) is 11.3 Å². The Labute approximate surface area is 111 Å². The van der Waals surface area contributed by atoms with E-state index in [2.05, 4.69) is 41.2 Å². The second-order valence-corrected chi connectivity index (χ2v) is 6.34. The summed E-state index contributed by atoms with van der Waals surface area (Å²) < 4.78 is 1.19. The van der Waals surface area contributed by atoms with Gasteiger partial charge in [0.1, 0.15) is 0 Å². The molecule has 1 aromatic rings. The van der Waals surface area contributed by atoms with E-state index in [9.17, 15) is 5.11 Å². The van der Waals surface area contributed by atoms with Gasteiger partial charge >= 0.3 is 0 Å². The summed E-state index contributed by atoms with van der Waals surface area (Å²) in [5.41, 5.74) is 0.0867. The molecule has 0 aliphatic rings. The van der Waals surface area contributed by atoms with E-state index in [1.54, 1.807) is 11.3 Å². The Bertz CT molecular complexity index is 305. The van der Waals surface area contributed by atoms with Crippen LogP contribution in [0.5, 0.6) is 0 Å². The van der Waals surface area contributed by atoms with Crippen LogP contribution in [0.25, 0.3) is 0 Å². The molecule has 0 aliphatic heterocycles. The van der Waals surface area contributed by atoms with Crippen molar-refractivity contribution in [3.63, 3.8) is 0 Å². The molecular weight excluding hydrogens is 284 g/mol. The van der Waals surface area contributed by atoms with Gasteiger partial charge in [-0.2, -0.15) is 0 Å². The van der Waals surface area contributed by atoms with E-state index in [0.29, 0.717) is 6.61 Å². The number of aliphatic hydroxyl groups is 1. The number of thiophene rings is 1. The molecule has 0 spiro atoms. The lowest BCUT2D eigenvalue weighted by Crippen LogP contribution is -2.27. The lowest BCUT2D eigenvalue weighted by molar-refractivity contribution is 0.108. The van der Waals surface area contributed by atoms with Crippen molar-refractivity contribution in [3.05, 3.63) is 20.8 Å². The summed E-state index contributed by atoms with van der Waals surface area (Å²) in [7, 11) is 0. The molecule has 0 aromatic carbocycles. The quantitative estimate of drug-likeness (QED) is 0.778. The molecule has 1 rings (SSSR count). The maximum Gasteiger partial charge on any atom is 0.0490 e. The Morgan fingerprint density at radius 2 is 2.19 bits per heavy atom. The normalized spacial score (nSPS) is 15.0. The summed E-state index contributed by atoms with van der Waals surface area (Å²) in [4.78, 5) is 1.37. The summed E-state index contributed by atoms with van der Waals surface area (Å²) in [6.07, 6.45) is 5.58. The Hall–Kier alpha value is 0.140. The van der Waals surface area contributed by atoms with E-state index < -0.39 is 0 Å². The number of aliphatic hydroxyl groups excluding tert-OH is 1. The minimum atomic E-state index is 0.0867. The molecule has 3 heteroatoms. The Morgan fingerprint density at radius 1 is 1.44 bits per heavy atom. The fraction of sp³-hybridized carbons (Fsp3) is 0.692. The fourth-order valence-electron chi connectivity index (χ4n) is 1.98. The molecule has 1 N–H and O–H groups in total. The first kappa shape index (κ1) is 14.2. The highest BCUT2D eigenvalue weighted by Gasteiger charge is 2.28. The first-order valence-electron chi connectivity index (χ1n) is 6.00. The minimum Gasteiger partial charge on any atom is -0.396 e. The van der Waals surface area contributed by atoms with Gasteiger partial charge in [0, 0.05) is 16.0 Å². The van der Waals surface area contributed by atoms with Gasteiger partial charge in [0.2, 0.25) is 0 Å². The van der Waals surface area contributed by atoms with Crippen molar-refractivity contribution < 1.29 is 5.11 Å². The maximum absolute atomic E-state index is 9.68. The molecule has 1 unspecified atom stereocenters. The molecule has 16 heavy (non-hydrogen) atoms. The Kier molecular flexibility index (Phi) is 6.01. The molecule has 92 valence electrons. The van der Waals surface area contributed by atoms with E-state index in [1.165, 1.54) is 22.2 Å². The number of halogens is 1. The van der Waals surface area contributed by atoms with Crippen LogP contribution in [-0.2, 0) is 6.42 Å². The molecule has 0 aliphatic carbocycles. The van der Waals surface area contributed by atoms with E-state index in [-0.39, 0.29) is 5.41 Å². The summed E-state index contributed by atoms with van der Waals surface area (Å²) in [6.45, 7) is 4.69. The average molecular weight is 305 g/mol. The second kappa shape index (κ2) is 6.77. The highest BCUT2D eigenvalue weighted by atomic mass is 79.9. The molecule has 1 heterocycles. The number of hydrogen-bond acceptors (Lipinski definition) is 2. The van der Waals surface area contributed by atoms with Crippen LogP contribution in [0.2, 0.25) is 0 Å². The van der Waals surface area contributed by atoms with Crippen molar-refractivity contribution in [2.24, 2.45) is 5.41 Å². The lowest BCUT2D eigenvalue weighted by Gasteiger charge is -2.30. The first-order chi connectivity index (χ1) is 7.67. The van der Waals surface area contributed by atoms with Crippen LogP contribution in [0.3, 0.4) is 0 Å². The smallest absolute Gasteiger partial charge is 0.0490 e. The van der Waals surface area contributed by atoms with Gasteiger partial charge in [-0.1, -0.05) is 26.7 Å². The van der Waals surface area contributed by atoms with Gasteiger partial charge in [-0.25, -0.2) is 0 Å². The monoisotopic (exact) mass is 304 g/mol. The van der Waals surface area contributed by atoms with Crippen LogP contribution < -0.4 is 0 Å². The zero-order valence-electron chi connectivity index (χ0n) is 10.1. The molecule has 1 aromatic heterocycles. The first-order valence-corrected chi connectivity index (χ1v) is 7.67. The molecule has 1 atom stereocenters. The maximum atomic E-state index is 9.68. The standard InChI is InChI=1S/C13H21BrOS/c1-3-5-7-13(4-2,10-15)9-12-11(14)6-8-16-12/h6,8,15H,3-5,7,9-10H2,1-2H3. The minimum absolute atomic E-state index is 0.0867. The molecule has 1 nitrogen and oxygen atoms in total. The predicted molar refractivity (Wildman–Crippen MR) is 75.1 cm³/mol. The largest absolute Gasteiger partial charge is 0.396 e. The van der Waals surface area contributed by atoms with Gasteiger partial charge in [0.25, 0.3) is 0 Å². The van der Waals surface area contributed by atoms with Crippen molar-refractivity contribution in [1.29, 1.82) is 0 Å². The van der Waals surface area contributed by atoms with Crippen LogP contribution in [-0.4, -0.2) is 11.7 Å². The molecule has 0 bridgehead atoms. The van der Waals surface area contributed by atoms with Crippen molar-refractivity contribution in [1.82, 2.24) is 0 Å². The summed E-state index contributed by atoms with van der Waals surface area (Å²) in [6, 6.07) is 2.09. The van der Waals surface area contributed by atoms with Crippen molar-refractivity contribution in [3.8, 4) is 0 Å². The molecular formula is C13H21BrOS. The predicted octanol–water partition coefficient (Wildman–Crippen LogP) is 4.63. The number of rotatable bonds is 7. The summed E-state index contributed by atoms with van der Waals surface area (Å²) in [5.74, 6) is 0. The summed E-state index contributed by atoms with van der Waals surface area (Å²) >= 11 is 5.36. The molecule has 0 fully saturated rings. The van der Waals surface area contributed by atoms with Gasteiger partial charge in [-0.3, -0.25) is 0 Å². The third kappa shape index (κ3) is 3.57. The van der Waals surface area contributed by atoms with Crippen molar-refractivity contribution in [2.45, 2.75) is 46.0 Å². The van der Waals surface area contributed by atoms with Gasteiger partial charge in [0.15, 0.2) is 0 Å². The molecule has 0 saturated carbocycles. The van der Waals surface area contributed by atoms with Crippen molar-refractivity contribution >= 4 is 27.3 Å². The fourth-order valence-corrected chi connectivity index (χ4v) is 3.65. The van der Waals surface area contributed by atoms with E-state index in [4.69, 9.17) is 0 Å². The highest BCUT2D eigenvalue weighted by Crippen LogP contribution is 2.36. The van der Waals surface area contributed by atoms with Crippen LogP contribution in [0, 0.1) is 5.41 Å². The van der Waals surface area contributed by atoms with Crippen molar-refractivity contribution in [2.75, 3.05) is 6.61 Å². The summed E-state index contributed by atoms with van der Waals surface area (Å²) in [5, 5.41) is 11.8. The van der Waals surface area contributed by atoms with Gasteiger partial charge in [-0.05, 0) is 52.1 Å². The van der Waals surface area contributed by atoms with Crippen LogP contribution in [0.15, 0.2) is 15.9 Å². The zero-order valence-corrected chi connectivity index (χ0v) is 12.5. The molecule has 0 amide bonds. The highest BCUT2D eigenvalue weighted by molar-refractivity contribution is 9.10. The third-order valence-corrected chi connectivity index (χ3v) is 5.30. The Balaban J connectivity index is 2.73. The Morgan fingerprint density at radius 3 is 2.62 bits per heavy atom. The third-order valence-electron chi connectivity index (χ3n) is 3.37. The molecule has 0 radical (unpaired) electrons. The van der Waals surface area contributed by atoms with Crippen LogP contribution in [0.4, 0.5) is 0 Å². The van der Waals surface area contributed by atoms with Gasteiger partial charge < -0.3 is 5.11 Å². The van der Waals surface area contributed by atoms with E-state index in [0.717, 1.165) is 19.3 Å². The molecule has 0 saturated heterocycles. The average Bonchev–Trinajstić information content (AvgIpc) is 2.70. The van der Waals surface area contributed by atoms with Crippen LogP contribution >= 0.6 is 27.3 Å². The van der Waals surface area contributed by atoms with Crippen LogP contribution in [0.1, 0.15) is 44.4 Å². The van der Waals surface area contributed by atoms with E-state index in [1.807, 2.05) is 0 Å².